The molecule has 0 radical (unpaired) electrons. The van der Waals surface area contributed by atoms with Crippen molar-refractivity contribution in [2.45, 2.75) is 25.9 Å². The van der Waals surface area contributed by atoms with E-state index in [1.807, 2.05) is 12.2 Å². The standard InChI is InChI=1S/C18H17Cl2NO4/c19-14-6-5-11(9-15(14)20)10-25-16(22)7-8-21-17(23)12-3-1-2-4-13(12)18(21)24/h1-2,5-6,9,12-13H,3-4,7-8,10H2/t12-,13-/m0/s1. The number of amides is 2. The third-order valence-corrected chi connectivity index (χ3v) is 5.26. The van der Waals surface area contributed by atoms with Gasteiger partial charge in [-0.3, -0.25) is 19.3 Å². The number of likely N-dealkylation sites (tertiary alicyclic amines) is 1. The summed E-state index contributed by atoms with van der Waals surface area (Å²) in [6.45, 7) is 0.123. The van der Waals surface area contributed by atoms with Crippen molar-refractivity contribution in [3.05, 3.63) is 46.0 Å². The van der Waals surface area contributed by atoms with Crippen molar-refractivity contribution in [3.8, 4) is 0 Å². The van der Waals surface area contributed by atoms with Gasteiger partial charge in [0.2, 0.25) is 11.8 Å². The summed E-state index contributed by atoms with van der Waals surface area (Å²) in [5.41, 5.74) is 0.716. The minimum absolute atomic E-state index is 0.0222. The number of allylic oxidation sites excluding steroid dienone is 2. The molecule has 132 valence electrons. The lowest BCUT2D eigenvalue weighted by Crippen LogP contribution is -2.33. The second kappa shape index (κ2) is 7.58. The topological polar surface area (TPSA) is 63.7 Å². The molecule has 3 rings (SSSR count). The van der Waals surface area contributed by atoms with Gasteiger partial charge in [0, 0.05) is 6.54 Å². The number of hydrogen-bond donors (Lipinski definition) is 0. The van der Waals surface area contributed by atoms with E-state index in [9.17, 15) is 14.4 Å². The number of halogens is 2. The van der Waals surface area contributed by atoms with Crippen molar-refractivity contribution < 1.29 is 19.1 Å². The molecule has 0 unspecified atom stereocenters. The van der Waals surface area contributed by atoms with E-state index in [1.165, 1.54) is 4.90 Å². The first-order chi connectivity index (χ1) is 12.0. The lowest BCUT2D eigenvalue weighted by atomic mass is 9.85. The van der Waals surface area contributed by atoms with Gasteiger partial charge in [0.1, 0.15) is 6.61 Å². The molecular weight excluding hydrogens is 365 g/mol. The number of fused-ring (bicyclic) bond motifs is 1. The first kappa shape index (κ1) is 18.0. The van der Waals surface area contributed by atoms with Gasteiger partial charge in [-0.05, 0) is 30.5 Å². The summed E-state index contributed by atoms with van der Waals surface area (Å²) < 4.78 is 5.17. The molecule has 5 nitrogen and oxygen atoms in total. The summed E-state index contributed by atoms with van der Waals surface area (Å²) in [6, 6.07) is 4.97. The first-order valence-electron chi connectivity index (χ1n) is 8.07. The van der Waals surface area contributed by atoms with E-state index in [4.69, 9.17) is 27.9 Å². The van der Waals surface area contributed by atoms with Gasteiger partial charge in [-0.15, -0.1) is 0 Å². The number of imide groups is 1. The molecule has 1 aliphatic heterocycles. The van der Waals surface area contributed by atoms with Gasteiger partial charge in [0.15, 0.2) is 0 Å². The molecule has 2 amide bonds. The van der Waals surface area contributed by atoms with Gasteiger partial charge in [-0.1, -0.05) is 41.4 Å². The number of rotatable bonds is 5. The van der Waals surface area contributed by atoms with E-state index >= 15 is 0 Å². The summed E-state index contributed by atoms with van der Waals surface area (Å²) in [6.07, 6.45) is 5.02. The van der Waals surface area contributed by atoms with Crippen LogP contribution in [0.1, 0.15) is 24.8 Å². The van der Waals surface area contributed by atoms with Gasteiger partial charge in [-0.25, -0.2) is 0 Å². The highest BCUT2D eigenvalue weighted by Crippen LogP contribution is 2.35. The molecule has 1 aromatic carbocycles. The van der Waals surface area contributed by atoms with Crippen molar-refractivity contribution in [3.63, 3.8) is 0 Å². The second-order valence-corrected chi connectivity index (χ2v) is 6.96. The van der Waals surface area contributed by atoms with Crippen LogP contribution in [0, 0.1) is 11.8 Å². The maximum atomic E-state index is 12.3. The summed E-state index contributed by atoms with van der Waals surface area (Å²) >= 11 is 11.7. The highest BCUT2D eigenvalue weighted by molar-refractivity contribution is 6.42. The Balaban J connectivity index is 1.50. The molecular formula is C18H17Cl2NO4. The number of esters is 1. The Bertz CT molecular complexity index is 721. The van der Waals surface area contributed by atoms with Crippen LogP contribution in [0.25, 0.3) is 0 Å². The molecule has 2 aliphatic rings. The fraction of sp³-hybridized carbons (Fsp3) is 0.389. The zero-order chi connectivity index (χ0) is 18.0. The molecule has 0 bridgehead atoms. The molecule has 0 aromatic heterocycles. The Morgan fingerprint density at radius 1 is 1.08 bits per heavy atom. The Morgan fingerprint density at radius 2 is 1.72 bits per heavy atom. The van der Waals surface area contributed by atoms with Crippen LogP contribution in [-0.2, 0) is 25.7 Å². The van der Waals surface area contributed by atoms with Crippen LogP contribution in [0.3, 0.4) is 0 Å². The van der Waals surface area contributed by atoms with Crippen molar-refractivity contribution in [1.82, 2.24) is 4.90 Å². The highest BCUT2D eigenvalue weighted by atomic mass is 35.5. The predicted octanol–water partition coefficient (Wildman–Crippen LogP) is 3.38. The zero-order valence-electron chi connectivity index (χ0n) is 13.4. The summed E-state index contributed by atoms with van der Waals surface area (Å²) in [7, 11) is 0. The van der Waals surface area contributed by atoms with E-state index in [0.717, 1.165) is 0 Å². The Labute approximate surface area is 155 Å². The van der Waals surface area contributed by atoms with Gasteiger partial charge >= 0.3 is 5.97 Å². The monoisotopic (exact) mass is 381 g/mol. The van der Waals surface area contributed by atoms with Crippen molar-refractivity contribution >= 4 is 41.0 Å². The van der Waals surface area contributed by atoms with Gasteiger partial charge < -0.3 is 4.74 Å². The quantitative estimate of drug-likeness (QED) is 0.445. The van der Waals surface area contributed by atoms with Crippen molar-refractivity contribution in [1.29, 1.82) is 0 Å². The summed E-state index contributed by atoms with van der Waals surface area (Å²) in [5, 5.41) is 0.818. The second-order valence-electron chi connectivity index (χ2n) is 6.14. The summed E-state index contributed by atoms with van der Waals surface area (Å²) in [4.78, 5) is 37.7. The van der Waals surface area contributed by atoms with Crippen LogP contribution in [-0.4, -0.2) is 29.2 Å². The average molecular weight is 382 g/mol. The van der Waals surface area contributed by atoms with Crippen LogP contribution in [0.5, 0.6) is 0 Å². The SMILES string of the molecule is O=C(CCN1C(=O)[C@H]2CC=CC[C@@H]2C1=O)OCc1ccc(Cl)c(Cl)c1. The molecule has 1 aromatic rings. The molecule has 1 fully saturated rings. The number of hydrogen-bond acceptors (Lipinski definition) is 4. The summed E-state index contributed by atoms with van der Waals surface area (Å²) in [5.74, 6) is -1.39. The van der Waals surface area contributed by atoms with E-state index in [0.29, 0.717) is 28.5 Å². The van der Waals surface area contributed by atoms with Crippen molar-refractivity contribution in [2.75, 3.05) is 6.54 Å². The predicted molar refractivity (Wildman–Crippen MR) is 92.9 cm³/mol. The Kier molecular flexibility index (Phi) is 5.45. The van der Waals surface area contributed by atoms with Gasteiger partial charge in [0.05, 0.1) is 28.3 Å². The first-order valence-corrected chi connectivity index (χ1v) is 8.82. The minimum atomic E-state index is -0.473. The minimum Gasteiger partial charge on any atom is -0.461 e. The number of carbonyl (C=O) groups is 3. The molecule has 1 saturated heterocycles. The molecule has 0 saturated carbocycles. The number of benzene rings is 1. The fourth-order valence-electron chi connectivity index (χ4n) is 3.16. The zero-order valence-corrected chi connectivity index (χ0v) is 14.9. The van der Waals surface area contributed by atoms with Crippen molar-refractivity contribution in [2.24, 2.45) is 11.8 Å². The Hall–Kier alpha value is -1.85. The van der Waals surface area contributed by atoms with Gasteiger partial charge in [0.25, 0.3) is 0 Å². The van der Waals surface area contributed by atoms with E-state index in [1.54, 1.807) is 18.2 Å². The van der Waals surface area contributed by atoms with Crippen LogP contribution in [0.4, 0.5) is 0 Å². The molecule has 7 heteroatoms. The molecule has 1 heterocycles. The smallest absolute Gasteiger partial charge is 0.307 e. The number of nitrogens with zero attached hydrogens (tertiary/aromatic N) is 1. The third kappa shape index (κ3) is 3.88. The van der Waals surface area contributed by atoms with Gasteiger partial charge in [-0.2, -0.15) is 0 Å². The van der Waals surface area contributed by atoms with Crippen LogP contribution >= 0.6 is 23.2 Å². The molecule has 2 atom stereocenters. The maximum Gasteiger partial charge on any atom is 0.307 e. The van der Waals surface area contributed by atoms with E-state index in [2.05, 4.69) is 0 Å². The third-order valence-electron chi connectivity index (χ3n) is 4.52. The Morgan fingerprint density at radius 3 is 2.32 bits per heavy atom. The molecule has 0 spiro atoms. The molecule has 0 N–H and O–H groups in total. The van der Waals surface area contributed by atoms with E-state index in [-0.39, 0.29) is 43.2 Å². The fourth-order valence-corrected chi connectivity index (χ4v) is 3.48. The number of ether oxygens (including phenoxy) is 1. The molecule has 25 heavy (non-hydrogen) atoms. The average Bonchev–Trinajstić information content (AvgIpc) is 2.85. The highest BCUT2D eigenvalue weighted by Gasteiger charge is 2.46. The van der Waals surface area contributed by atoms with Crippen LogP contribution in [0.15, 0.2) is 30.4 Å². The normalized spacial score (nSPS) is 22.2. The van der Waals surface area contributed by atoms with E-state index < -0.39 is 5.97 Å². The lowest BCUT2D eigenvalue weighted by Gasteiger charge is -2.14. The largest absolute Gasteiger partial charge is 0.461 e. The van der Waals surface area contributed by atoms with Crippen LogP contribution < -0.4 is 0 Å². The lowest BCUT2D eigenvalue weighted by molar-refractivity contribution is -0.146. The number of carbonyl (C=O) groups excluding carboxylic acids is 3. The van der Waals surface area contributed by atoms with Crippen LogP contribution in [0.2, 0.25) is 10.0 Å². The maximum absolute atomic E-state index is 12.3. The molecule has 1 aliphatic carbocycles.